The molecule has 0 amide bonds. The van der Waals surface area contributed by atoms with Crippen LogP contribution in [0.1, 0.15) is 5.69 Å². The van der Waals surface area contributed by atoms with E-state index in [1.54, 1.807) is 12.1 Å². The molecule has 1 aromatic carbocycles. The lowest BCUT2D eigenvalue weighted by atomic mass is 10.2. The normalized spacial score (nSPS) is 11.2. The summed E-state index contributed by atoms with van der Waals surface area (Å²) >= 11 is 6.13. The van der Waals surface area contributed by atoms with Gasteiger partial charge in [0.25, 0.3) is 0 Å². The van der Waals surface area contributed by atoms with Crippen LogP contribution in [0.4, 0.5) is 0 Å². The molecule has 0 aliphatic carbocycles. The lowest BCUT2D eigenvalue weighted by Gasteiger charge is -2.11. The van der Waals surface area contributed by atoms with E-state index >= 15 is 0 Å². The molecule has 16 heavy (non-hydrogen) atoms. The third-order valence-corrected chi connectivity index (χ3v) is 2.64. The van der Waals surface area contributed by atoms with Gasteiger partial charge < -0.3 is 10.0 Å². The zero-order valence-corrected chi connectivity index (χ0v) is 9.99. The Morgan fingerprint density at radius 1 is 1.38 bits per heavy atom. The van der Waals surface area contributed by atoms with Gasteiger partial charge in [0.1, 0.15) is 11.3 Å². The van der Waals surface area contributed by atoms with Crippen LogP contribution in [0, 0.1) is 0 Å². The molecule has 0 radical (unpaired) electrons. The van der Waals surface area contributed by atoms with Gasteiger partial charge in [-0.05, 0) is 26.2 Å². The van der Waals surface area contributed by atoms with E-state index in [1.165, 1.54) is 0 Å². The quantitative estimate of drug-likeness (QED) is 0.871. The highest BCUT2D eigenvalue weighted by atomic mass is 35.5. The number of pyridine rings is 1. The fraction of sp³-hybridized carbons (Fsp3) is 0.250. The summed E-state index contributed by atoms with van der Waals surface area (Å²) in [6.07, 6.45) is 0. The summed E-state index contributed by atoms with van der Waals surface area (Å²) in [6.45, 7) is 0.656. The number of aromatic nitrogens is 1. The van der Waals surface area contributed by atoms with Crippen molar-refractivity contribution in [1.29, 1.82) is 0 Å². The number of phenolic OH excluding ortho intramolecular Hbond substituents is 1. The third kappa shape index (κ3) is 2.10. The molecular weight excluding hydrogens is 224 g/mol. The van der Waals surface area contributed by atoms with Gasteiger partial charge in [-0.25, -0.2) is 4.98 Å². The van der Waals surface area contributed by atoms with Crippen molar-refractivity contribution in [3.05, 3.63) is 35.0 Å². The number of hydrogen-bond acceptors (Lipinski definition) is 3. The predicted octanol–water partition coefficient (Wildman–Crippen LogP) is 2.66. The zero-order valence-electron chi connectivity index (χ0n) is 9.24. The average molecular weight is 237 g/mol. The second-order valence-electron chi connectivity index (χ2n) is 4.00. The van der Waals surface area contributed by atoms with Gasteiger partial charge in [-0.3, -0.25) is 0 Å². The van der Waals surface area contributed by atoms with Gasteiger partial charge in [0, 0.05) is 11.9 Å². The largest absolute Gasteiger partial charge is 0.506 e. The Morgan fingerprint density at radius 2 is 2.12 bits per heavy atom. The van der Waals surface area contributed by atoms with Gasteiger partial charge in [0.15, 0.2) is 0 Å². The molecule has 0 saturated carbocycles. The van der Waals surface area contributed by atoms with Gasteiger partial charge in [-0.1, -0.05) is 23.7 Å². The molecule has 84 valence electrons. The van der Waals surface area contributed by atoms with Crippen LogP contribution in [-0.4, -0.2) is 29.1 Å². The fourth-order valence-corrected chi connectivity index (χ4v) is 1.83. The number of hydrogen-bond donors (Lipinski definition) is 1. The molecule has 4 heteroatoms. The van der Waals surface area contributed by atoms with Crippen molar-refractivity contribution < 1.29 is 5.11 Å². The first-order valence-electron chi connectivity index (χ1n) is 5.00. The summed E-state index contributed by atoms with van der Waals surface area (Å²) in [5.74, 6) is 0.189. The van der Waals surface area contributed by atoms with Gasteiger partial charge in [-0.2, -0.15) is 0 Å². The molecule has 1 aromatic heterocycles. The van der Waals surface area contributed by atoms with E-state index in [-0.39, 0.29) is 5.75 Å². The minimum Gasteiger partial charge on any atom is -0.506 e. The van der Waals surface area contributed by atoms with E-state index in [0.717, 1.165) is 11.1 Å². The third-order valence-electron chi connectivity index (χ3n) is 2.32. The molecular formula is C12H13ClN2O. The van der Waals surface area contributed by atoms with Crippen LogP contribution in [0.15, 0.2) is 24.3 Å². The number of halogens is 1. The van der Waals surface area contributed by atoms with Crippen LogP contribution < -0.4 is 0 Å². The molecule has 0 bridgehead atoms. The number of para-hydroxylation sites is 1. The Hall–Kier alpha value is -1.32. The Morgan fingerprint density at radius 3 is 2.81 bits per heavy atom. The van der Waals surface area contributed by atoms with Crippen molar-refractivity contribution in [3.63, 3.8) is 0 Å². The average Bonchev–Trinajstić information content (AvgIpc) is 2.20. The van der Waals surface area contributed by atoms with Crippen LogP contribution in [-0.2, 0) is 6.54 Å². The van der Waals surface area contributed by atoms with Crippen LogP contribution in [0.3, 0.4) is 0 Å². The Balaban J connectivity index is 2.60. The predicted molar refractivity (Wildman–Crippen MR) is 65.8 cm³/mol. The topological polar surface area (TPSA) is 36.4 Å². The van der Waals surface area contributed by atoms with Crippen LogP contribution in [0.5, 0.6) is 5.75 Å². The number of aromatic hydroxyl groups is 1. The Labute approximate surface area is 99.3 Å². The summed E-state index contributed by atoms with van der Waals surface area (Å²) in [5, 5.41) is 11.2. The maximum Gasteiger partial charge on any atom is 0.141 e. The maximum absolute atomic E-state index is 9.70. The highest BCUT2D eigenvalue weighted by Crippen LogP contribution is 2.27. The highest BCUT2D eigenvalue weighted by molar-refractivity contribution is 6.31. The van der Waals surface area contributed by atoms with Gasteiger partial charge in [0.2, 0.25) is 0 Å². The number of benzene rings is 1. The molecule has 2 aromatic rings. The first kappa shape index (κ1) is 11.2. The molecule has 0 saturated heterocycles. The van der Waals surface area contributed by atoms with Crippen molar-refractivity contribution >= 4 is 22.5 Å². The number of fused-ring (bicyclic) bond motifs is 1. The molecule has 0 unspecified atom stereocenters. The van der Waals surface area contributed by atoms with E-state index in [2.05, 4.69) is 4.98 Å². The maximum atomic E-state index is 9.70. The first-order chi connectivity index (χ1) is 7.58. The molecule has 0 aliphatic heterocycles. The van der Waals surface area contributed by atoms with Gasteiger partial charge in [0.05, 0.1) is 10.7 Å². The minimum atomic E-state index is 0.189. The summed E-state index contributed by atoms with van der Waals surface area (Å²) in [5.41, 5.74) is 1.38. The number of rotatable bonds is 2. The minimum absolute atomic E-state index is 0.189. The molecule has 3 nitrogen and oxygen atoms in total. The summed E-state index contributed by atoms with van der Waals surface area (Å²) < 4.78 is 0. The Kier molecular flexibility index (Phi) is 2.99. The van der Waals surface area contributed by atoms with Crippen LogP contribution >= 0.6 is 11.6 Å². The van der Waals surface area contributed by atoms with Crippen molar-refractivity contribution in [2.24, 2.45) is 0 Å². The molecule has 0 atom stereocenters. The standard InChI is InChI=1S/C12H13ClN2O/c1-15(2)7-10-9(13)6-8-4-3-5-11(16)12(8)14-10/h3-6,16H,7H2,1-2H3. The zero-order chi connectivity index (χ0) is 11.7. The summed E-state index contributed by atoms with van der Waals surface area (Å²) in [4.78, 5) is 6.38. The molecule has 2 rings (SSSR count). The fourth-order valence-electron chi connectivity index (χ4n) is 1.61. The van der Waals surface area contributed by atoms with E-state index in [0.29, 0.717) is 17.1 Å². The summed E-state index contributed by atoms with van der Waals surface area (Å²) in [7, 11) is 3.90. The molecule has 0 fully saturated rings. The van der Waals surface area contributed by atoms with Crippen LogP contribution in [0.25, 0.3) is 10.9 Å². The molecule has 0 spiro atoms. The SMILES string of the molecule is CN(C)Cc1nc2c(O)cccc2cc1Cl. The highest BCUT2D eigenvalue weighted by Gasteiger charge is 2.08. The van der Waals surface area contributed by atoms with Crippen molar-refractivity contribution in [3.8, 4) is 5.75 Å². The second-order valence-corrected chi connectivity index (χ2v) is 4.41. The monoisotopic (exact) mass is 236 g/mol. The van der Waals surface area contributed by atoms with Gasteiger partial charge >= 0.3 is 0 Å². The molecule has 0 aliphatic rings. The van der Waals surface area contributed by atoms with Gasteiger partial charge in [-0.15, -0.1) is 0 Å². The van der Waals surface area contributed by atoms with E-state index < -0.39 is 0 Å². The second kappa shape index (κ2) is 4.28. The lowest BCUT2D eigenvalue weighted by Crippen LogP contribution is -2.12. The smallest absolute Gasteiger partial charge is 0.141 e. The van der Waals surface area contributed by atoms with E-state index in [4.69, 9.17) is 11.6 Å². The van der Waals surface area contributed by atoms with Crippen molar-refractivity contribution in [2.75, 3.05) is 14.1 Å². The lowest BCUT2D eigenvalue weighted by molar-refractivity contribution is 0.397. The molecule has 1 heterocycles. The van der Waals surface area contributed by atoms with Crippen molar-refractivity contribution in [1.82, 2.24) is 9.88 Å². The van der Waals surface area contributed by atoms with Crippen LogP contribution in [0.2, 0.25) is 5.02 Å². The molecule has 1 N–H and O–H groups in total. The van der Waals surface area contributed by atoms with E-state index in [9.17, 15) is 5.11 Å². The van der Waals surface area contributed by atoms with E-state index in [1.807, 2.05) is 31.1 Å². The first-order valence-corrected chi connectivity index (χ1v) is 5.37. The number of nitrogens with zero attached hydrogens (tertiary/aromatic N) is 2. The van der Waals surface area contributed by atoms with Crippen molar-refractivity contribution in [2.45, 2.75) is 6.54 Å². The number of phenols is 1. The Bertz CT molecular complexity index is 526. The summed E-state index contributed by atoms with van der Waals surface area (Å²) in [6, 6.07) is 7.12.